The normalized spacial score (nSPS) is 9.94. The molecule has 3 heteroatoms. The minimum absolute atomic E-state index is 0.311. The molecule has 0 aliphatic rings. The van der Waals surface area contributed by atoms with E-state index in [0.29, 0.717) is 17.9 Å². The van der Waals surface area contributed by atoms with Crippen molar-refractivity contribution in [3.05, 3.63) is 65.5 Å². The lowest BCUT2D eigenvalue weighted by molar-refractivity contribution is 0.112. The molecule has 0 saturated heterocycles. The van der Waals surface area contributed by atoms with Crippen LogP contribution in [0.25, 0.3) is 0 Å². The van der Waals surface area contributed by atoms with E-state index in [0.717, 1.165) is 11.8 Å². The molecule has 17 heavy (non-hydrogen) atoms. The minimum atomic E-state index is -0.329. The molecule has 0 amide bonds. The Morgan fingerprint density at radius 3 is 2.71 bits per heavy atom. The van der Waals surface area contributed by atoms with E-state index in [2.05, 4.69) is 0 Å². The molecule has 0 spiro atoms. The van der Waals surface area contributed by atoms with Crippen LogP contribution in [0.2, 0.25) is 0 Å². The number of halogens is 1. The molecule has 0 aliphatic carbocycles. The van der Waals surface area contributed by atoms with Crippen molar-refractivity contribution in [2.45, 2.75) is 6.61 Å². The molecule has 2 aromatic rings. The molecule has 0 unspecified atom stereocenters. The molecule has 0 aliphatic heterocycles. The van der Waals surface area contributed by atoms with Crippen LogP contribution in [0.3, 0.4) is 0 Å². The third-order valence-corrected chi connectivity index (χ3v) is 2.29. The molecule has 2 rings (SSSR count). The first-order valence-corrected chi connectivity index (χ1v) is 5.20. The lowest BCUT2D eigenvalue weighted by Gasteiger charge is -2.06. The smallest absolute Gasteiger partial charge is 0.150 e. The van der Waals surface area contributed by atoms with Crippen molar-refractivity contribution in [1.29, 1.82) is 0 Å². The standard InChI is InChI=1S/C14H11FO2/c15-13-5-2-6-14(8-13)17-10-12-4-1-3-11(7-12)9-16/h1-9H,10H2. The predicted octanol–water partition coefficient (Wildman–Crippen LogP) is 3.22. The van der Waals surface area contributed by atoms with Gasteiger partial charge in [-0.15, -0.1) is 0 Å². The number of aldehydes is 1. The third-order valence-electron chi connectivity index (χ3n) is 2.29. The lowest BCUT2D eigenvalue weighted by Crippen LogP contribution is -1.96. The van der Waals surface area contributed by atoms with Crippen LogP contribution in [0.4, 0.5) is 4.39 Å². The molecule has 2 nitrogen and oxygen atoms in total. The Bertz CT molecular complexity index is 523. The topological polar surface area (TPSA) is 26.3 Å². The van der Waals surface area contributed by atoms with Crippen molar-refractivity contribution in [3.63, 3.8) is 0 Å². The first-order valence-electron chi connectivity index (χ1n) is 5.20. The number of ether oxygens (including phenoxy) is 1. The summed E-state index contributed by atoms with van der Waals surface area (Å²) < 4.78 is 18.3. The summed E-state index contributed by atoms with van der Waals surface area (Å²) in [5.41, 5.74) is 1.48. The van der Waals surface area contributed by atoms with Gasteiger partial charge in [-0.1, -0.05) is 24.3 Å². The molecule has 0 radical (unpaired) electrons. The molecule has 0 heterocycles. The second-order valence-corrected chi connectivity index (χ2v) is 3.61. The summed E-state index contributed by atoms with van der Waals surface area (Å²) in [5.74, 6) is 0.144. The van der Waals surface area contributed by atoms with Gasteiger partial charge in [-0.3, -0.25) is 4.79 Å². The highest BCUT2D eigenvalue weighted by molar-refractivity contribution is 5.74. The molecule has 0 aromatic heterocycles. The van der Waals surface area contributed by atoms with Crippen LogP contribution in [0, 0.1) is 5.82 Å². The van der Waals surface area contributed by atoms with Gasteiger partial charge >= 0.3 is 0 Å². The predicted molar refractivity (Wildman–Crippen MR) is 62.6 cm³/mol. The Balaban J connectivity index is 2.04. The average molecular weight is 230 g/mol. The Labute approximate surface area is 98.7 Å². The molecule has 86 valence electrons. The van der Waals surface area contributed by atoms with E-state index in [4.69, 9.17) is 4.74 Å². The minimum Gasteiger partial charge on any atom is -0.489 e. The maximum absolute atomic E-state index is 12.9. The van der Waals surface area contributed by atoms with Gasteiger partial charge in [-0.05, 0) is 23.8 Å². The van der Waals surface area contributed by atoms with Crippen molar-refractivity contribution >= 4 is 6.29 Å². The first-order chi connectivity index (χ1) is 8.28. The number of carbonyl (C=O) groups is 1. The maximum Gasteiger partial charge on any atom is 0.150 e. The van der Waals surface area contributed by atoms with Crippen LogP contribution in [-0.4, -0.2) is 6.29 Å². The van der Waals surface area contributed by atoms with Gasteiger partial charge in [0.25, 0.3) is 0 Å². The van der Waals surface area contributed by atoms with Crippen LogP contribution in [0.5, 0.6) is 5.75 Å². The van der Waals surface area contributed by atoms with Crippen LogP contribution in [-0.2, 0) is 6.61 Å². The molecule has 0 saturated carbocycles. The van der Waals surface area contributed by atoms with Crippen molar-refractivity contribution in [3.8, 4) is 5.75 Å². The SMILES string of the molecule is O=Cc1cccc(COc2cccc(F)c2)c1. The number of carbonyl (C=O) groups excluding carboxylic acids is 1. The fourth-order valence-electron chi connectivity index (χ4n) is 1.48. The molecule has 0 atom stereocenters. The molecular formula is C14H11FO2. The highest BCUT2D eigenvalue weighted by Crippen LogP contribution is 2.14. The number of benzene rings is 2. The second kappa shape index (κ2) is 5.25. The van der Waals surface area contributed by atoms with Crippen molar-refractivity contribution in [2.75, 3.05) is 0 Å². The zero-order valence-corrected chi connectivity index (χ0v) is 9.10. The largest absolute Gasteiger partial charge is 0.489 e. The Morgan fingerprint density at radius 1 is 1.12 bits per heavy atom. The fraction of sp³-hybridized carbons (Fsp3) is 0.0714. The van der Waals surface area contributed by atoms with E-state index >= 15 is 0 Å². The quantitative estimate of drug-likeness (QED) is 0.754. The number of rotatable bonds is 4. The molecule has 0 N–H and O–H groups in total. The third kappa shape index (κ3) is 3.14. The van der Waals surface area contributed by atoms with Crippen LogP contribution in [0.1, 0.15) is 15.9 Å². The van der Waals surface area contributed by atoms with Gasteiger partial charge in [-0.2, -0.15) is 0 Å². The van der Waals surface area contributed by atoms with Crippen LogP contribution >= 0.6 is 0 Å². The van der Waals surface area contributed by atoms with Crippen molar-refractivity contribution in [1.82, 2.24) is 0 Å². The van der Waals surface area contributed by atoms with Gasteiger partial charge in [0.15, 0.2) is 0 Å². The van der Waals surface area contributed by atoms with Gasteiger partial charge in [-0.25, -0.2) is 4.39 Å². The zero-order valence-electron chi connectivity index (χ0n) is 9.10. The second-order valence-electron chi connectivity index (χ2n) is 3.61. The Hall–Kier alpha value is -2.16. The summed E-state index contributed by atoms with van der Waals surface area (Å²) >= 11 is 0. The van der Waals surface area contributed by atoms with Gasteiger partial charge in [0.05, 0.1) is 0 Å². The summed E-state index contributed by atoms with van der Waals surface area (Å²) in [6.07, 6.45) is 0.783. The highest BCUT2D eigenvalue weighted by Gasteiger charge is 1.98. The van der Waals surface area contributed by atoms with Gasteiger partial charge in [0.2, 0.25) is 0 Å². The summed E-state index contributed by atoms with van der Waals surface area (Å²) in [4.78, 5) is 10.6. The van der Waals surface area contributed by atoms with Gasteiger partial charge in [0.1, 0.15) is 24.5 Å². The van der Waals surface area contributed by atoms with E-state index < -0.39 is 0 Å². The first kappa shape index (κ1) is 11.3. The van der Waals surface area contributed by atoms with E-state index in [1.54, 1.807) is 30.3 Å². The van der Waals surface area contributed by atoms with Gasteiger partial charge < -0.3 is 4.74 Å². The van der Waals surface area contributed by atoms with E-state index in [1.165, 1.54) is 12.1 Å². The number of hydrogen-bond donors (Lipinski definition) is 0. The summed E-state index contributed by atoms with van der Waals surface area (Å²) in [6.45, 7) is 0.311. The van der Waals surface area contributed by atoms with Crippen LogP contribution in [0.15, 0.2) is 48.5 Å². The van der Waals surface area contributed by atoms with Crippen molar-refractivity contribution < 1.29 is 13.9 Å². The molecule has 2 aromatic carbocycles. The van der Waals surface area contributed by atoms with Gasteiger partial charge in [0, 0.05) is 11.6 Å². The van der Waals surface area contributed by atoms with E-state index in [-0.39, 0.29) is 5.82 Å². The van der Waals surface area contributed by atoms with E-state index in [1.807, 2.05) is 6.07 Å². The molecule has 0 bridgehead atoms. The van der Waals surface area contributed by atoms with E-state index in [9.17, 15) is 9.18 Å². The van der Waals surface area contributed by atoms with Crippen molar-refractivity contribution in [2.24, 2.45) is 0 Å². The molecular weight excluding hydrogens is 219 g/mol. The highest BCUT2D eigenvalue weighted by atomic mass is 19.1. The Kier molecular flexibility index (Phi) is 3.50. The zero-order chi connectivity index (χ0) is 12.1. The number of hydrogen-bond acceptors (Lipinski definition) is 2. The summed E-state index contributed by atoms with van der Waals surface area (Å²) in [6, 6.07) is 13.1. The monoisotopic (exact) mass is 230 g/mol. The van der Waals surface area contributed by atoms with Crippen LogP contribution < -0.4 is 4.74 Å². The molecule has 0 fully saturated rings. The fourth-order valence-corrected chi connectivity index (χ4v) is 1.48. The lowest BCUT2D eigenvalue weighted by atomic mass is 10.1. The maximum atomic E-state index is 12.9. The summed E-state index contributed by atoms with van der Waals surface area (Å²) in [5, 5.41) is 0. The Morgan fingerprint density at radius 2 is 1.94 bits per heavy atom. The summed E-state index contributed by atoms with van der Waals surface area (Å²) in [7, 11) is 0. The average Bonchev–Trinajstić information content (AvgIpc) is 2.37.